The smallest absolute Gasteiger partial charge is 0.186 e. The number of fused-ring (bicyclic) bond motifs is 1. The molecule has 2 aromatic carbocycles. The summed E-state index contributed by atoms with van der Waals surface area (Å²) >= 11 is 4.74. The largest absolute Gasteiger partial charge is 0.497 e. The number of nitrogens with zero attached hydrogens (tertiary/aromatic N) is 2. The SMILES string of the molecule is COc1ccc(COc2cc(SCc3sc(CSC(C)=O)nc3C)cc3cccnc23)cc1. The fraction of sp³-hybridized carbons (Fsp3) is 0.240. The molecule has 0 atom stereocenters. The zero-order chi connectivity index (χ0) is 23.2. The van der Waals surface area contributed by atoms with E-state index < -0.39 is 0 Å². The number of thioether (sulfide) groups is 2. The van der Waals surface area contributed by atoms with Gasteiger partial charge in [-0.05, 0) is 42.8 Å². The highest BCUT2D eigenvalue weighted by Gasteiger charge is 2.12. The summed E-state index contributed by atoms with van der Waals surface area (Å²) in [7, 11) is 1.66. The van der Waals surface area contributed by atoms with Gasteiger partial charge in [0.1, 0.15) is 28.6 Å². The monoisotopic (exact) mass is 496 g/mol. The van der Waals surface area contributed by atoms with Crippen molar-refractivity contribution in [1.82, 2.24) is 9.97 Å². The van der Waals surface area contributed by atoms with E-state index in [9.17, 15) is 4.79 Å². The molecule has 0 bridgehead atoms. The third-order valence-electron chi connectivity index (χ3n) is 4.90. The number of benzene rings is 2. The molecule has 4 rings (SSSR count). The molecule has 0 saturated carbocycles. The van der Waals surface area contributed by atoms with E-state index in [1.165, 1.54) is 16.6 Å². The summed E-state index contributed by atoms with van der Waals surface area (Å²) in [6.45, 7) is 4.07. The van der Waals surface area contributed by atoms with Crippen LogP contribution in [0.4, 0.5) is 0 Å². The number of carbonyl (C=O) groups excluding carboxylic acids is 1. The fourth-order valence-electron chi connectivity index (χ4n) is 3.20. The minimum Gasteiger partial charge on any atom is -0.497 e. The van der Waals surface area contributed by atoms with Gasteiger partial charge in [-0.3, -0.25) is 9.78 Å². The maximum Gasteiger partial charge on any atom is 0.186 e. The van der Waals surface area contributed by atoms with Crippen molar-refractivity contribution in [3.63, 3.8) is 0 Å². The van der Waals surface area contributed by atoms with E-state index in [1.807, 2.05) is 37.3 Å². The summed E-state index contributed by atoms with van der Waals surface area (Å²) in [4.78, 5) is 22.8. The van der Waals surface area contributed by atoms with Gasteiger partial charge in [-0.1, -0.05) is 30.0 Å². The van der Waals surface area contributed by atoms with Crippen molar-refractivity contribution in [2.24, 2.45) is 0 Å². The van der Waals surface area contributed by atoms with Gasteiger partial charge in [0.15, 0.2) is 5.12 Å². The minimum absolute atomic E-state index is 0.116. The first-order valence-corrected chi connectivity index (χ1v) is 13.2. The lowest BCUT2D eigenvalue weighted by atomic mass is 10.2. The fourth-order valence-corrected chi connectivity index (χ4v) is 5.99. The van der Waals surface area contributed by atoms with Crippen LogP contribution in [-0.4, -0.2) is 22.2 Å². The molecule has 0 aliphatic heterocycles. The third-order valence-corrected chi connectivity index (χ3v) is 8.25. The van der Waals surface area contributed by atoms with Crippen molar-refractivity contribution in [2.75, 3.05) is 7.11 Å². The van der Waals surface area contributed by atoms with Crippen LogP contribution in [0, 0.1) is 6.92 Å². The molecule has 0 aliphatic rings. The Kier molecular flexibility index (Phi) is 7.90. The molecule has 170 valence electrons. The molecule has 0 unspecified atom stereocenters. The van der Waals surface area contributed by atoms with Gasteiger partial charge in [0.05, 0.1) is 18.6 Å². The van der Waals surface area contributed by atoms with Crippen LogP contribution < -0.4 is 9.47 Å². The van der Waals surface area contributed by atoms with Gasteiger partial charge in [0.2, 0.25) is 0 Å². The average molecular weight is 497 g/mol. The number of aromatic nitrogens is 2. The lowest BCUT2D eigenvalue weighted by Crippen LogP contribution is -1.97. The molecule has 33 heavy (non-hydrogen) atoms. The maximum atomic E-state index is 11.2. The lowest BCUT2D eigenvalue weighted by molar-refractivity contribution is -0.109. The molecule has 0 saturated heterocycles. The number of hydrogen-bond acceptors (Lipinski definition) is 8. The molecule has 2 heterocycles. The number of methoxy groups -OCH3 is 1. The number of ether oxygens (including phenoxy) is 2. The minimum atomic E-state index is 0.116. The Bertz CT molecular complexity index is 1260. The number of carbonyl (C=O) groups is 1. The van der Waals surface area contributed by atoms with E-state index in [0.29, 0.717) is 12.4 Å². The molecular weight excluding hydrogens is 472 g/mol. The number of pyridine rings is 1. The second-order valence-corrected chi connectivity index (χ2v) is 10.7. The third kappa shape index (κ3) is 6.28. The highest BCUT2D eigenvalue weighted by Crippen LogP contribution is 2.35. The van der Waals surface area contributed by atoms with Gasteiger partial charge in [-0.25, -0.2) is 4.98 Å². The van der Waals surface area contributed by atoms with Crippen molar-refractivity contribution in [3.8, 4) is 11.5 Å². The van der Waals surface area contributed by atoms with E-state index in [1.54, 1.807) is 43.3 Å². The Hall–Kier alpha value is -2.55. The van der Waals surface area contributed by atoms with Crippen LogP contribution in [0.25, 0.3) is 10.9 Å². The average Bonchev–Trinajstić information content (AvgIpc) is 3.19. The first kappa shape index (κ1) is 23.6. The quantitative estimate of drug-likeness (QED) is 0.240. The summed E-state index contributed by atoms with van der Waals surface area (Å²) in [6, 6.07) is 16.1. The van der Waals surface area contributed by atoms with E-state index in [0.717, 1.165) is 49.3 Å². The number of thiazole rings is 1. The highest BCUT2D eigenvalue weighted by molar-refractivity contribution is 8.12. The van der Waals surface area contributed by atoms with Crippen LogP contribution >= 0.6 is 34.9 Å². The van der Waals surface area contributed by atoms with E-state index in [2.05, 4.69) is 28.2 Å². The van der Waals surface area contributed by atoms with E-state index >= 15 is 0 Å². The van der Waals surface area contributed by atoms with Crippen LogP contribution in [0.2, 0.25) is 0 Å². The Morgan fingerprint density at radius 3 is 2.70 bits per heavy atom. The van der Waals surface area contributed by atoms with Gasteiger partial charge < -0.3 is 9.47 Å². The zero-order valence-corrected chi connectivity index (χ0v) is 21.1. The van der Waals surface area contributed by atoms with Crippen LogP contribution in [0.3, 0.4) is 0 Å². The molecule has 0 aliphatic carbocycles. The Labute approximate surface area is 205 Å². The summed E-state index contributed by atoms with van der Waals surface area (Å²) < 4.78 is 11.4. The second kappa shape index (κ2) is 11.0. The lowest BCUT2D eigenvalue weighted by Gasteiger charge is -2.12. The molecule has 0 amide bonds. The first-order valence-electron chi connectivity index (χ1n) is 10.4. The molecule has 4 aromatic rings. The standard InChI is InChI=1S/C25H24N2O3S3/c1-16-23(33-24(27-16)15-31-17(2)28)14-32-21-11-19-5-4-10-26-25(19)22(12-21)30-13-18-6-8-20(29-3)9-7-18/h4-12H,13-15H2,1-3H3. The van der Waals surface area contributed by atoms with Gasteiger partial charge in [0.25, 0.3) is 0 Å². The molecular formula is C25H24N2O3S3. The number of hydrogen-bond donors (Lipinski definition) is 0. The summed E-state index contributed by atoms with van der Waals surface area (Å²) in [6.07, 6.45) is 1.79. The van der Waals surface area contributed by atoms with Gasteiger partial charge in [-0.15, -0.1) is 23.1 Å². The van der Waals surface area contributed by atoms with Crippen LogP contribution in [0.1, 0.15) is 28.1 Å². The predicted molar refractivity (Wildman–Crippen MR) is 137 cm³/mol. The second-order valence-electron chi connectivity index (χ2n) is 7.32. The van der Waals surface area contributed by atoms with Crippen molar-refractivity contribution in [3.05, 3.63) is 75.9 Å². The van der Waals surface area contributed by atoms with Crippen molar-refractivity contribution < 1.29 is 14.3 Å². The Morgan fingerprint density at radius 1 is 1.12 bits per heavy atom. The molecule has 0 fully saturated rings. The molecule has 0 N–H and O–H groups in total. The highest BCUT2D eigenvalue weighted by atomic mass is 32.2. The van der Waals surface area contributed by atoms with Crippen LogP contribution in [0.5, 0.6) is 11.5 Å². The van der Waals surface area contributed by atoms with Crippen molar-refractivity contribution >= 4 is 50.9 Å². The van der Waals surface area contributed by atoms with Crippen LogP contribution in [0.15, 0.2) is 59.6 Å². The Morgan fingerprint density at radius 2 is 1.94 bits per heavy atom. The molecule has 5 nitrogen and oxygen atoms in total. The molecule has 2 aromatic heterocycles. The number of aryl methyl sites for hydroxylation is 1. The summed E-state index contributed by atoms with van der Waals surface area (Å²) in [5, 5.41) is 2.16. The summed E-state index contributed by atoms with van der Waals surface area (Å²) in [5.41, 5.74) is 2.95. The normalized spacial score (nSPS) is 11.0. The summed E-state index contributed by atoms with van der Waals surface area (Å²) in [5.74, 6) is 3.05. The topological polar surface area (TPSA) is 61.3 Å². The van der Waals surface area contributed by atoms with E-state index in [-0.39, 0.29) is 5.12 Å². The molecule has 0 spiro atoms. The predicted octanol–water partition coefficient (Wildman–Crippen LogP) is 6.66. The zero-order valence-electron chi connectivity index (χ0n) is 18.7. The van der Waals surface area contributed by atoms with Crippen molar-refractivity contribution in [2.45, 2.75) is 36.9 Å². The molecule has 8 heteroatoms. The van der Waals surface area contributed by atoms with E-state index in [4.69, 9.17) is 9.47 Å². The molecule has 0 radical (unpaired) electrons. The van der Waals surface area contributed by atoms with Crippen molar-refractivity contribution in [1.29, 1.82) is 0 Å². The number of rotatable bonds is 9. The van der Waals surface area contributed by atoms with Gasteiger partial charge in [-0.2, -0.15) is 0 Å². The Balaban J connectivity index is 1.49. The first-order chi connectivity index (χ1) is 16.0. The van der Waals surface area contributed by atoms with Gasteiger partial charge in [0, 0.05) is 34.0 Å². The van der Waals surface area contributed by atoms with Crippen LogP contribution in [-0.2, 0) is 22.9 Å². The maximum absolute atomic E-state index is 11.2. The van der Waals surface area contributed by atoms with Gasteiger partial charge >= 0.3 is 0 Å².